The number of thioether (sulfide) groups is 1. The fraction of sp³-hybridized carbons (Fsp3) is 0.154. The highest BCUT2D eigenvalue weighted by Gasteiger charge is 2.27. The maximum atomic E-state index is 14.1. The molecule has 0 aliphatic rings. The lowest BCUT2D eigenvalue weighted by atomic mass is 10.0. The van der Waals surface area contributed by atoms with Crippen molar-refractivity contribution in [3.8, 4) is 34.0 Å². The highest BCUT2D eigenvalue weighted by atomic mass is 79.9. The van der Waals surface area contributed by atoms with Gasteiger partial charge in [0, 0.05) is 34.5 Å². The van der Waals surface area contributed by atoms with E-state index in [1.165, 1.54) is 0 Å². The first-order chi connectivity index (χ1) is 24.8. The van der Waals surface area contributed by atoms with E-state index < -0.39 is 12.6 Å². The van der Waals surface area contributed by atoms with Crippen LogP contribution < -0.4 is 5.56 Å². The Labute approximate surface area is 306 Å². The maximum absolute atomic E-state index is 14.1. The van der Waals surface area contributed by atoms with Crippen LogP contribution in [0.25, 0.3) is 44.9 Å². The highest BCUT2D eigenvalue weighted by Crippen LogP contribution is 2.35. The van der Waals surface area contributed by atoms with E-state index in [9.17, 15) is 14.4 Å². The second-order valence-corrected chi connectivity index (χ2v) is 13.6. The number of aromatic nitrogens is 6. The van der Waals surface area contributed by atoms with Gasteiger partial charge in [-0.1, -0.05) is 113 Å². The molecule has 0 fully saturated rings. The summed E-state index contributed by atoms with van der Waals surface area (Å²) < 4.78 is 13.5. The first kappa shape index (κ1) is 34.0. The van der Waals surface area contributed by atoms with E-state index in [4.69, 9.17) is 4.74 Å². The molecule has 0 aliphatic heterocycles. The predicted octanol–water partition coefficient (Wildman–Crippen LogP) is 7.65. The summed E-state index contributed by atoms with van der Waals surface area (Å²) in [6.07, 6.45) is 0. The number of carbonyl (C=O) groups excluding carboxylic acids is 2. The Balaban J connectivity index is 1.18. The molecule has 0 saturated carbocycles. The molecule has 0 unspecified atom stereocenters. The number of hydrogen-bond donors (Lipinski definition) is 0. The Bertz CT molecular complexity index is 2460. The van der Waals surface area contributed by atoms with Crippen LogP contribution in [0.4, 0.5) is 0 Å². The number of Topliss-reactive ketones (excluding diaryl/α,β-unsaturated/α-hetero) is 1. The molecular weight excluding hydrogens is 728 g/mol. The molecule has 10 nitrogen and oxygen atoms in total. The Hall–Kier alpha value is -5.46. The van der Waals surface area contributed by atoms with Gasteiger partial charge in [-0.05, 0) is 43.7 Å². The third-order valence-corrected chi connectivity index (χ3v) is 10.4. The molecule has 7 rings (SSSR count). The van der Waals surface area contributed by atoms with Crippen LogP contribution in [0.1, 0.15) is 23.0 Å². The van der Waals surface area contributed by atoms with Gasteiger partial charge in [0.15, 0.2) is 17.6 Å². The van der Waals surface area contributed by atoms with Crippen LogP contribution in [0.3, 0.4) is 0 Å². The zero-order chi connectivity index (χ0) is 35.6. The number of halogens is 1. The number of nitrogens with zero attached hydrogens (tertiary/aromatic N) is 6. The minimum absolute atomic E-state index is 0.164. The second-order valence-electron chi connectivity index (χ2n) is 11.8. The first-order valence-electron chi connectivity index (χ1n) is 16.3. The van der Waals surface area contributed by atoms with Gasteiger partial charge in [0.2, 0.25) is 5.78 Å². The van der Waals surface area contributed by atoms with Crippen molar-refractivity contribution in [3.63, 3.8) is 0 Å². The van der Waals surface area contributed by atoms with Crippen LogP contribution in [0, 0.1) is 6.92 Å². The van der Waals surface area contributed by atoms with Gasteiger partial charge in [-0.2, -0.15) is 0 Å². The summed E-state index contributed by atoms with van der Waals surface area (Å²) in [4.78, 5) is 41.2. The summed E-state index contributed by atoms with van der Waals surface area (Å²) in [7, 11) is 1.82. The van der Waals surface area contributed by atoms with Crippen LogP contribution >= 0.6 is 27.7 Å². The number of hydrogen-bond acceptors (Lipinski definition) is 7. The van der Waals surface area contributed by atoms with Crippen LogP contribution in [-0.2, 0) is 23.1 Å². The monoisotopic (exact) mass is 760 g/mol. The first-order valence-corrected chi connectivity index (χ1v) is 18.1. The van der Waals surface area contributed by atoms with Gasteiger partial charge in [0.1, 0.15) is 5.69 Å². The molecule has 0 bridgehead atoms. The summed E-state index contributed by atoms with van der Waals surface area (Å²) in [6, 6.07) is 34.4. The van der Waals surface area contributed by atoms with Gasteiger partial charge in [0.05, 0.1) is 28.4 Å². The Kier molecular flexibility index (Phi) is 9.61. The molecule has 256 valence electrons. The normalized spacial score (nSPS) is 11.3. The minimum atomic E-state index is -0.600. The molecule has 12 heteroatoms. The van der Waals surface area contributed by atoms with Crippen LogP contribution in [0.15, 0.2) is 124 Å². The average Bonchev–Trinajstić information content (AvgIpc) is 3.79. The van der Waals surface area contributed by atoms with Crippen LogP contribution in [0.2, 0.25) is 0 Å². The number of para-hydroxylation sites is 2. The minimum Gasteiger partial charge on any atom is -0.457 e. The summed E-state index contributed by atoms with van der Waals surface area (Å²) in [5.74, 6) is -0.628. The van der Waals surface area contributed by atoms with Crippen molar-refractivity contribution in [3.05, 3.63) is 135 Å². The van der Waals surface area contributed by atoms with E-state index in [1.54, 1.807) is 13.9 Å². The molecule has 51 heavy (non-hydrogen) atoms. The van der Waals surface area contributed by atoms with Crippen molar-refractivity contribution >= 4 is 50.3 Å². The lowest BCUT2D eigenvalue weighted by molar-refractivity contribution is -0.139. The topological polar surface area (TPSA) is 106 Å². The molecule has 0 amide bonds. The molecule has 0 spiro atoms. The molecule has 0 aliphatic carbocycles. The molecule has 0 atom stereocenters. The average molecular weight is 762 g/mol. The summed E-state index contributed by atoms with van der Waals surface area (Å²) in [6.45, 7) is 4.13. The lowest BCUT2D eigenvalue weighted by Crippen LogP contribution is -2.22. The molecule has 4 aromatic carbocycles. The van der Waals surface area contributed by atoms with Crippen molar-refractivity contribution in [1.29, 1.82) is 0 Å². The standard InChI is InChI=1S/C39H33BrN6O4S/c1-4-44-31-22-14-12-20-29(31)34(36(44)26-15-7-5-8-16-26)32(47)23-50-33(48)24-51-39-42-41-37(28-19-11-13-21-30(28)40)45(39)35-25(2)43(3)46(38(35)49)27-17-9-6-10-18-27/h5-22H,4,23-24H2,1-3H3. The Morgan fingerprint density at radius 2 is 1.53 bits per heavy atom. The van der Waals surface area contributed by atoms with Crippen molar-refractivity contribution in [2.75, 3.05) is 12.4 Å². The summed E-state index contributed by atoms with van der Waals surface area (Å²) >= 11 is 4.70. The van der Waals surface area contributed by atoms with Gasteiger partial charge in [0.25, 0.3) is 5.56 Å². The predicted molar refractivity (Wildman–Crippen MR) is 203 cm³/mol. The van der Waals surface area contributed by atoms with Crippen molar-refractivity contribution in [2.45, 2.75) is 25.5 Å². The zero-order valence-electron chi connectivity index (χ0n) is 28.1. The third kappa shape index (κ3) is 6.25. The van der Waals surface area contributed by atoms with Crippen molar-refractivity contribution in [2.24, 2.45) is 7.05 Å². The van der Waals surface area contributed by atoms with Gasteiger partial charge >= 0.3 is 5.97 Å². The number of carbonyl (C=O) groups is 2. The number of benzene rings is 4. The smallest absolute Gasteiger partial charge is 0.316 e. The van der Waals surface area contributed by atoms with E-state index in [1.807, 2.05) is 130 Å². The fourth-order valence-electron chi connectivity index (χ4n) is 6.39. The number of ketones is 1. The third-order valence-electron chi connectivity index (χ3n) is 8.79. The van der Waals surface area contributed by atoms with Gasteiger partial charge in [-0.3, -0.25) is 23.6 Å². The molecule has 0 N–H and O–H groups in total. The van der Waals surface area contributed by atoms with E-state index in [0.717, 1.165) is 44.0 Å². The molecule has 3 heterocycles. The number of esters is 1. The maximum Gasteiger partial charge on any atom is 0.316 e. The van der Waals surface area contributed by atoms with Crippen LogP contribution in [0.5, 0.6) is 0 Å². The quantitative estimate of drug-likeness (QED) is 0.0758. The highest BCUT2D eigenvalue weighted by molar-refractivity contribution is 9.10. The van der Waals surface area contributed by atoms with E-state index in [0.29, 0.717) is 40.2 Å². The Morgan fingerprint density at radius 1 is 0.863 bits per heavy atom. The molecule has 0 saturated heterocycles. The number of aryl methyl sites for hydroxylation is 1. The molecular formula is C39H33BrN6O4S. The molecule has 3 aromatic heterocycles. The summed E-state index contributed by atoms with van der Waals surface area (Å²) in [5, 5.41) is 10.0. The number of fused-ring (bicyclic) bond motifs is 1. The van der Waals surface area contributed by atoms with Crippen molar-refractivity contribution < 1.29 is 14.3 Å². The zero-order valence-corrected chi connectivity index (χ0v) is 30.5. The van der Waals surface area contributed by atoms with Crippen LogP contribution in [-0.4, -0.2) is 52.8 Å². The largest absolute Gasteiger partial charge is 0.457 e. The second kappa shape index (κ2) is 14.4. The number of ether oxygens (including phenoxy) is 1. The Morgan fingerprint density at radius 3 is 2.25 bits per heavy atom. The van der Waals surface area contributed by atoms with E-state index in [2.05, 4.69) is 30.7 Å². The van der Waals surface area contributed by atoms with E-state index >= 15 is 0 Å². The number of rotatable bonds is 11. The van der Waals surface area contributed by atoms with Crippen molar-refractivity contribution in [1.82, 2.24) is 28.7 Å². The van der Waals surface area contributed by atoms with Gasteiger partial charge in [-0.25, -0.2) is 4.68 Å². The van der Waals surface area contributed by atoms with E-state index in [-0.39, 0.29) is 17.1 Å². The lowest BCUT2D eigenvalue weighted by Gasteiger charge is -2.11. The van der Waals surface area contributed by atoms with Gasteiger partial charge < -0.3 is 9.30 Å². The molecule has 0 radical (unpaired) electrons. The SMILES string of the molecule is CCn1c(-c2ccccc2)c(C(=O)COC(=O)CSc2nnc(-c3ccccc3Br)n2-c2c(C)n(C)n(-c3ccccc3)c2=O)c2ccccc21. The summed E-state index contributed by atoms with van der Waals surface area (Å²) in [5.41, 5.74) is 5.33. The van der Waals surface area contributed by atoms with Gasteiger partial charge in [-0.15, -0.1) is 10.2 Å². The molecule has 7 aromatic rings. The fourth-order valence-corrected chi connectivity index (χ4v) is 7.59.